The average molecular weight is 343 g/mol. The lowest BCUT2D eigenvalue weighted by Crippen LogP contribution is -2.10. The van der Waals surface area contributed by atoms with Crippen molar-refractivity contribution in [3.8, 4) is 5.75 Å². The Bertz CT molecular complexity index is 832. The molecule has 0 unspecified atom stereocenters. The third kappa shape index (κ3) is 3.75. The molecule has 0 saturated carbocycles. The molecule has 1 aromatic heterocycles. The summed E-state index contributed by atoms with van der Waals surface area (Å²) in [5.74, 6) is 0.698. The van der Waals surface area contributed by atoms with Crippen LogP contribution in [0.4, 0.5) is 0 Å². The fourth-order valence-electron chi connectivity index (χ4n) is 2.25. The number of aromatic nitrogens is 1. The van der Waals surface area contributed by atoms with Gasteiger partial charge in [-0.05, 0) is 23.8 Å². The number of rotatable bonds is 6. The lowest BCUT2D eigenvalue weighted by Gasteiger charge is -2.11. The molecule has 0 atom stereocenters. The van der Waals surface area contributed by atoms with Gasteiger partial charge in [0.1, 0.15) is 37.1 Å². The van der Waals surface area contributed by atoms with E-state index in [0.717, 1.165) is 11.1 Å². The smallest absolute Gasteiger partial charge is 0.139 e. The Morgan fingerprint density at radius 1 is 1.17 bits per heavy atom. The fourth-order valence-corrected chi connectivity index (χ4v) is 2.44. The van der Waals surface area contributed by atoms with Crippen LogP contribution < -0.4 is 4.74 Å². The van der Waals surface area contributed by atoms with Crippen LogP contribution >= 0.6 is 11.6 Å². The second kappa shape index (κ2) is 7.66. The van der Waals surface area contributed by atoms with Gasteiger partial charge in [0.2, 0.25) is 0 Å². The maximum Gasteiger partial charge on any atom is 0.139 e. The van der Waals surface area contributed by atoms with Crippen molar-refractivity contribution in [2.24, 2.45) is 5.16 Å². The zero-order valence-electron chi connectivity index (χ0n) is 13.0. The summed E-state index contributed by atoms with van der Waals surface area (Å²) < 4.78 is 10.7. The quantitative estimate of drug-likeness (QED) is 0.495. The predicted octanol–water partition coefficient (Wildman–Crippen LogP) is 4.31. The molecule has 0 bridgehead atoms. The van der Waals surface area contributed by atoms with Crippen molar-refractivity contribution in [2.75, 3.05) is 7.11 Å². The van der Waals surface area contributed by atoms with Gasteiger partial charge in [-0.15, -0.1) is 0 Å². The van der Waals surface area contributed by atoms with E-state index in [4.69, 9.17) is 25.7 Å². The van der Waals surface area contributed by atoms with Crippen molar-refractivity contribution in [1.82, 2.24) is 5.16 Å². The van der Waals surface area contributed by atoms with Crippen LogP contribution in [0, 0.1) is 0 Å². The van der Waals surface area contributed by atoms with E-state index >= 15 is 0 Å². The molecule has 3 aromatic rings. The van der Waals surface area contributed by atoms with E-state index in [1.54, 1.807) is 18.2 Å². The molecule has 0 radical (unpaired) electrons. The molecule has 0 spiro atoms. The number of hydrogen-bond donors (Lipinski definition) is 0. The molecule has 24 heavy (non-hydrogen) atoms. The summed E-state index contributed by atoms with van der Waals surface area (Å²) in [4.78, 5) is 4.96. The SMILES string of the molecule is CO/N=C(\c1ccon1)c1ccccc1COc1cccc(Cl)c1. The van der Waals surface area contributed by atoms with Gasteiger partial charge in [0.25, 0.3) is 0 Å². The van der Waals surface area contributed by atoms with Gasteiger partial charge in [-0.25, -0.2) is 0 Å². The average Bonchev–Trinajstić information content (AvgIpc) is 3.13. The largest absolute Gasteiger partial charge is 0.489 e. The van der Waals surface area contributed by atoms with E-state index in [-0.39, 0.29) is 0 Å². The summed E-state index contributed by atoms with van der Waals surface area (Å²) in [6.07, 6.45) is 1.49. The summed E-state index contributed by atoms with van der Waals surface area (Å²) in [7, 11) is 1.49. The Morgan fingerprint density at radius 2 is 2.04 bits per heavy atom. The zero-order valence-corrected chi connectivity index (χ0v) is 13.7. The van der Waals surface area contributed by atoms with Gasteiger partial charge in [0, 0.05) is 16.7 Å². The van der Waals surface area contributed by atoms with Gasteiger partial charge < -0.3 is 14.1 Å². The van der Waals surface area contributed by atoms with Crippen molar-refractivity contribution in [3.05, 3.63) is 82.7 Å². The van der Waals surface area contributed by atoms with E-state index in [2.05, 4.69) is 10.3 Å². The van der Waals surface area contributed by atoms with Crippen LogP contribution in [0.2, 0.25) is 5.02 Å². The van der Waals surface area contributed by atoms with Gasteiger partial charge in [-0.1, -0.05) is 52.2 Å². The Balaban J connectivity index is 1.88. The van der Waals surface area contributed by atoms with Gasteiger partial charge in [-0.2, -0.15) is 0 Å². The molecular formula is C18H15ClN2O3. The van der Waals surface area contributed by atoms with E-state index in [0.29, 0.717) is 28.8 Å². The Kier molecular flexibility index (Phi) is 5.13. The molecule has 3 rings (SSSR count). The summed E-state index contributed by atoms with van der Waals surface area (Å²) in [6, 6.07) is 16.8. The van der Waals surface area contributed by atoms with Crippen molar-refractivity contribution in [2.45, 2.75) is 6.61 Å². The monoisotopic (exact) mass is 342 g/mol. The minimum Gasteiger partial charge on any atom is -0.489 e. The molecule has 6 heteroatoms. The van der Waals surface area contributed by atoms with Crippen LogP contribution in [0.15, 0.2) is 70.5 Å². The maximum atomic E-state index is 5.98. The van der Waals surface area contributed by atoms with Crippen molar-refractivity contribution < 1.29 is 14.1 Å². The zero-order chi connectivity index (χ0) is 16.8. The molecule has 5 nitrogen and oxygen atoms in total. The number of nitrogens with zero attached hydrogens (tertiary/aromatic N) is 2. The highest BCUT2D eigenvalue weighted by molar-refractivity contribution is 6.30. The van der Waals surface area contributed by atoms with Gasteiger partial charge in [0.15, 0.2) is 0 Å². The molecule has 0 aliphatic rings. The predicted molar refractivity (Wildman–Crippen MR) is 91.4 cm³/mol. The molecule has 2 aromatic carbocycles. The van der Waals surface area contributed by atoms with E-state index < -0.39 is 0 Å². The van der Waals surface area contributed by atoms with Gasteiger partial charge >= 0.3 is 0 Å². The summed E-state index contributed by atoms with van der Waals surface area (Å²) in [5, 5.41) is 8.65. The Labute approximate surface area is 144 Å². The molecule has 0 aliphatic heterocycles. The van der Waals surface area contributed by atoms with E-state index in [9.17, 15) is 0 Å². The van der Waals surface area contributed by atoms with E-state index in [1.807, 2.05) is 36.4 Å². The summed E-state index contributed by atoms with van der Waals surface area (Å²) >= 11 is 5.98. The maximum absolute atomic E-state index is 5.98. The molecule has 0 N–H and O–H groups in total. The van der Waals surface area contributed by atoms with Crippen molar-refractivity contribution in [3.63, 3.8) is 0 Å². The van der Waals surface area contributed by atoms with Crippen molar-refractivity contribution in [1.29, 1.82) is 0 Å². The number of benzene rings is 2. The van der Waals surface area contributed by atoms with Crippen LogP contribution in [0.5, 0.6) is 5.75 Å². The third-order valence-electron chi connectivity index (χ3n) is 3.33. The molecule has 0 saturated heterocycles. The molecule has 122 valence electrons. The second-order valence-corrected chi connectivity index (χ2v) is 5.35. The van der Waals surface area contributed by atoms with E-state index in [1.165, 1.54) is 13.4 Å². The van der Waals surface area contributed by atoms with Gasteiger partial charge in [-0.3, -0.25) is 0 Å². The molecule has 0 fully saturated rings. The van der Waals surface area contributed by atoms with Crippen molar-refractivity contribution >= 4 is 17.3 Å². The van der Waals surface area contributed by atoms with Crippen LogP contribution in [0.3, 0.4) is 0 Å². The minimum absolute atomic E-state index is 0.358. The third-order valence-corrected chi connectivity index (χ3v) is 3.56. The fraction of sp³-hybridized carbons (Fsp3) is 0.111. The highest BCUT2D eigenvalue weighted by Gasteiger charge is 2.15. The number of halogens is 1. The summed E-state index contributed by atoms with van der Waals surface area (Å²) in [6.45, 7) is 0.358. The first kappa shape index (κ1) is 16.1. The number of oxime groups is 1. The van der Waals surface area contributed by atoms with Crippen LogP contribution in [0.25, 0.3) is 0 Å². The van der Waals surface area contributed by atoms with Crippen LogP contribution in [0.1, 0.15) is 16.8 Å². The molecule has 1 heterocycles. The molecule has 0 aliphatic carbocycles. The Hall–Kier alpha value is -2.79. The number of ether oxygens (including phenoxy) is 1. The first-order valence-corrected chi connectivity index (χ1v) is 7.64. The Morgan fingerprint density at radius 3 is 2.79 bits per heavy atom. The normalized spacial score (nSPS) is 11.3. The minimum atomic E-state index is 0.358. The topological polar surface area (TPSA) is 56.9 Å². The van der Waals surface area contributed by atoms with Gasteiger partial charge in [0.05, 0.1) is 0 Å². The first-order chi connectivity index (χ1) is 11.8. The second-order valence-electron chi connectivity index (χ2n) is 4.91. The first-order valence-electron chi connectivity index (χ1n) is 7.26. The lowest BCUT2D eigenvalue weighted by molar-refractivity contribution is 0.213. The highest BCUT2D eigenvalue weighted by Crippen LogP contribution is 2.21. The van der Waals surface area contributed by atoms with Crippen LogP contribution in [-0.4, -0.2) is 18.0 Å². The lowest BCUT2D eigenvalue weighted by atomic mass is 10.0. The molecular weight excluding hydrogens is 328 g/mol. The number of hydrogen-bond acceptors (Lipinski definition) is 5. The standard InChI is InChI=1S/C18H15ClN2O3/c1-22-21-18(17-9-10-24-20-17)16-8-3-2-5-13(16)12-23-15-7-4-6-14(19)11-15/h2-11H,12H2,1H3/b21-18-. The highest BCUT2D eigenvalue weighted by atomic mass is 35.5. The molecule has 0 amide bonds. The van der Waals surface area contributed by atoms with Crippen LogP contribution in [-0.2, 0) is 11.4 Å². The summed E-state index contributed by atoms with van der Waals surface area (Å²) in [5.41, 5.74) is 2.97.